The molecule has 0 unspecified atom stereocenters. The molecule has 1 aliphatic heterocycles. The van der Waals surface area contributed by atoms with Gasteiger partial charge in [-0.05, 0) is 18.8 Å². The van der Waals surface area contributed by atoms with E-state index in [4.69, 9.17) is 10.2 Å². The molecule has 1 aliphatic rings. The van der Waals surface area contributed by atoms with Crippen LogP contribution in [0.15, 0.2) is 0 Å². The monoisotopic (exact) mass is 173 g/mol. The molecule has 0 aromatic heterocycles. The van der Waals surface area contributed by atoms with Crippen molar-refractivity contribution in [1.82, 2.24) is 4.90 Å². The van der Waals surface area contributed by atoms with Gasteiger partial charge in [0.1, 0.15) is 0 Å². The Labute approximate surface area is 71.8 Å². The van der Waals surface area contributed by atoms with Gasteiger partial charge in [-0.15, -0.1) is 0 Å². The molecule has 1 heterocycles. The summed E-state index contributed by atoms with van der Waals surface area (Å²) in [4.78, 5) is 12.0. The van der Waals surface area contributed by atoms with E-state index < -0.39 is 6.09 Å². The van der Waals surface area contributed by atoms with E-state index in [9.17, 15) is 4.79 Å². The van der Waals surface area contributed by atoms with Crippen LogP contribution in [-0.2, 0) is 0 Å². The van der Waals surface area contributed by atoms with Crippen LogP contribution in [0.25, 0.3) is 0 Å². The highest BCUT2D eigenvalue weighted by atomic mass is 16.4. The molecular formula is C8H15NO3. The number of likely N-dealkylation sites (tertiary alicyclic amines) is 1. The van der Waals surface area contributed by atoms with E-state index in [0.29, 0.717) is 12.5 Å². The summed E-state index contributed by atoms with van der Waals surface area (Å²) in [7, 11) is 0. The van der Waals surface area contributed by atoms with E-state index in [1.165, 1.54) is 4.90 Å². The standard InChI is InChI=1S/C8H15NO3/c1-6-2-3-9(8(11)12)7(4-6)5-10/h6-7,10H,2-5H2,1H3,(H,11,12)/t6-,7-/m1/s1. The topological polar surface area (TPSA) is 60.8 Å². The Morgan fingerprint density at radius 2 is 2.33 bits per heavy atom. The lowest BCUT2D eigenvalue weighted by atomic mass is 9.93. The molecule has 0 bridgehead atoms. The largest absolute Gasteiger partial charge is 0.465 e. The first-order chi connectivity index (χ1) is 5.65. The Morgan fingerprint density at radius 1 is 1.67 bits per heavy atom. The zero-order valence-corrected chi connectivity index (χ0v) is 7.23. The minimum atomic E-state index is -0.916. The summed E-state index contributed by atoms with van der Waals surface area (Å²) in [6, 6.07) is -0.189. The molecule has 4 heteroatoms. The minimum Gasteiger partial charge on any atom is -0.465 e. The molecule has 1 fully saturated rings. The summed E-state index contributed by atoms with van der Waals surface area (Å²) in [5, 5.41) is 17.7. The molecule has 2 atom stereocenters. The fraction of sp³-hybridized carbons (Fsp3) is 0.875. The lowest BCUT2D eigenvalue weighted by Gasteiger charge is -2.35. The molecular weight excluding hydrogens is 158 g/mol. The quantitative estimate of drug-likeness (QED) is 0.615. The lowest BCUT2D eigenvalue weighted by molar-refractivity contribution is 0.0638. The highest BCUT2D eigenvalue weighted by Crippen LogP contribution is 2.21. The summed E-state index contributed by atoms with van der Waals surface area (Å²) >= 11 is 0. The van der Waals surface area contributed by atoms with Gasteiger partial charge in [-0.3, -0.25) is 0 Å². The number of aliphatic hydroxyl groups excluding tert-OH is 1. The van der Waals surface area contributed by atoms with Crippen LogP contribution in [0.5, 0.6) is 0 Å². The van der Waals surface area contributed by atoms with Crippen LogP contribution in [0, 0.1) is 5.92 Å². The molecule has 0 radical (unpaired) electrons. The maximum atomic E-state index is 10.6. The maximum absolute atomic E-state index is 10.6. The lowest BCUT2D eigenvalue weighted by Crippen LogP contribution is -2.46. The molecule has 1 rings (SSSR count). The fourth-order valence-corrected chi connectivity index (χ4v) is 1.68. The first-order valence-electron chi connectivity index (χ1n) is 4.25. The van der Waals surface area contributed by atoms with Crippen LogP contribution in [-0.4, -0.2) is 40.4 Å². The predicted octanol–water partition coefficient (Wildman–Crippen LogP) is 0.757. The van der Waals surface area contributed by atoms with Crippen LogP contribution in [0.1, 0.15) is 19.8 Å². The van der Waals surface area contributed by atoms with Crippen molar-refractivity contribution in [3.05, 3.63) is 0 Å². The van der Waals surface area contributed by atoms with Gasteiger partial charge in [-0.25, -0.2) is 4.79 Å². The Bertz CT molecular complexity index is 172. The van der Waals surface area contributed by atoms with Crippen molar-refractivity contribution in [3.8, 4) is 0 Å². The number of aliphatic hydroxyl groups is 1. The first kappa shape index (κ1) is 9.32. The summed E-state index contributed by atoms with van der Waals surface area (Å²) < 4.78 is 0. The molecule has 12 heavy (non-hydrogen) atoms. The summed E-state index contributed by atoms with van der Waals surface area (Å²) in [5.74, 6) is 0.526. The molecule has 4 nitrogen and oxygen atoms in total. The Morgan fingerprint density at radius 3 is 2.83 bits per heavy atom. The van der Waals surface area contributed by atoms with E-state index >= 15 is 0 Å². The zero-order valence-electron chi connectivity index (χ0n) is 7.23. The number of hydrogen-bond acceptors (Lipinski definition) is 2. The summed E-state index contributed by atoms with van der Waals surface area (Å²) in [6.07, 6.45) is 0.770. The number of amides is 1. The van der Waals surface area contributed by atoms with Crippen LogP contribution >= 0.6 is 0 Å². The van der Waals surface area contributed by atoms with Gasteiger partial charge in [0.25, 0.3) is 0 Å². The number of carboxylic acid groups (broad SMARTS) is 1. The Hall–Kier alpha value is -0.770. The van der Waals surface area contributed by atoms with E-state index in [2.05, 4.69) is 6.92 Å². The molecule has 1 amide bonds. The van der Waals surface area contributed by atoms with Crippen molar-refractivity contribution in [2.24, 2.45) is 5.92 Å². The minimum absolute atomic E-state index is 0.0589. The average Bonchev–Trinajstić information content (AvgIpc) is 2.03. The van der Waals surface area contributed by atoms with Crippen molar-refractivity contribution in [3.63, 3.8) is 0 Å². The molecule has 0 spiro atoms. The first-order valence-corrected chi connectivity index (χ1v) is 4.25. The fourth-order valence-electron chi connectivity index (χ4n) is 1.68. The molecule has 2 N–H and O–H groups in total. The van der Waals surface area contributed by atoms with Gasteiger partial charge in [0.15, 0.2) is 0 Å². The van der Waals surface area contributed by atoms with Gasteiger partial charge in [0.2, 0.25) is 0 Å². The van der Waals surface area contributed by atoms with E-state index in [1.807, 2.05) is 0 Å². The summed E-state index contributed by atoms with van der Waals surface area (Å²) in [5.41, 5.74) is 0. The molecule has 1 saturated heterocycles. The second-order valence-electron chi connectivity index (χ2n) is 3.44. The van der Waals surface area contributed by atoms with Crippen molar-refractivity contribution in [2.75, 3.05) is 13.2 Å². The van der Waals surface area contributed by atoms with Crippen LogP contribution < -0.4 is 0 Å². The van der Waals surface area contributed by atoms with E-state index in [-0.39, 0.29) is 12.6 Å². The molecule has 0 aromatic rings. The Kier molecular flexibility index (Phi) is 2.92. The summed E-state index contributed by atoms with van der Waals surface area (Å²) in [6.45, 7) is 2.58. The smallest absolute Gasteiger partial charge is 0.407 e. The normalized spacial score (nSPS) is 30.3. The third-order valence-corrected chi connectivity index (χ3v) is 2.43. The average molecular weight is 173 g/mol. The Balaban J connectivity index is 2.56. The van der Waals surface area contributed by atoms with E-state index in [0.717, 1.165) is 12.8 Å². The number of rotatable bonds is 1. The van der Waals surface area contributed by atoms with Crippen LogP contribution in [0.2, 0.25) is 0 Å². The van der Waals surface area contributed by atoms with Gasteiger partial charge < -0.3 is 15.1 Å². The molecule has 0 aromatic carbocycles. The van der Waals surface area contributed by atoms with Crippen molar-refractivity contribution in [1.29, 1.82) is 0 Å². The SMILES string of the molecule is C[C@@H]1CCN(C(=O)O)[C@@H](CO)C1. The second kappa shape index (κ2) is 3.76. The number of piperidine rings is 1. The van der Waals surface area contributed by atoms with Crippen molar-refractivity contribution >= 4 is 6.09 Å². The third-order valence-electron chi connectivity index (χ3n) is 2.43. The van der Waals surface area contributed by atoms with Crippen LogP contribution in [0.4, 0.5) is 4.79 Å². The van der Waals surface area contributed by atoms with Crippen molar-refractivity contribution in [2.45, 2.75) is 25.8 Å². The van der Waals surface area contributed by atoms with E-state index in [1.54, 1.807) is 0 Å². The highest BCUT2D eigenvalue weighted by Gasteiger charge is 2.28. The molecule has 0 aliphatic carbocycles. The highest BCUT2D eigenvalue weighted by molar-refractivity contribution is 5.65. The number of hydrogen-bond donors (Lipinski definition) is 2. The van der Waals surface area contributed by atoms with Gasteiger partial charge in [-0.2, -0.15) is 0 Å². The third kappa shape index (κ3) is 1.88. The van der Waals surface area contributed by atoms with Gasteiger partial charge in [0.05, 0.1) is 12.6 Å². The van der Waals surface area contributed by atoms with Crippen molar-refractivity contribution < 1.29 is 15.0 Å². The predicted molar refractivity (Wildman–Crippen MR) is 44.0 cm³/mol. The zero-order chi connectivity index (χ0) is 9.14. The molecule has 0 saturated carbocycles. The maximum Gasteiger partial charge on any atom is 0.407 e. The van der Waals surface area contributed by atoms with Crippen LogP contribution in [0.3, 0.4) is 0 Å². The second-order valence-corrected chi connectivity index (χ2v) is 3.44. The van der Waals surface area contributed by atoms with Gasteiger partial charge in [-0.1, -0.05) is 6.92 Å². The van der Waals surface area contributed by atoms with Gasteiger partial charge >= 0.3 is 6.09 Å². The number of carbonyl (C=O) groups is 1. The number of nitrogens with zero attached hydrogens (tertiary/aromatic N) is 1. The van der Waals surface area contributed by atoms with Gasteiger partial charge in [0, 0.05) is 6.54 Å². The molecule has 70 valence electrons.